The van der Waals surface area contributed by atoms with Gasteiger partial charge in [0.05, 0.1) is 18.0 Å². The van der Waals surface area contributed by atoms with Crippen molar-refractivity contribution in [3.8, 4) is 0 Å². The van der Waals surface area contributed by atoms with E-state index in [1.54, 1.807) is 30.4 Å². The Bertz CT molecular complexity index is 921. The molecule has 0 aliphatic carbocycles. The second-order valence-electron chi connectivity index (χ2n) is 7.18. The third kappa shape index (κ3) is 5.34. The summed E-state index contributed by atoms with van der Waals surface area (Å²) >= 11 is 1.69. The minimum absolute atomic E-state index is 0.0774. The number of carbonyl (C=O) groups is 1. The lowest BCUT2D eigenvalue weighted by Crippen LogP contribution is -2.51. The molecule has 1 aromatic heterocycles. The normalized spacial score (nSPS) is 14.7. The highest BCUT2D eigenvalue weighted by molar-refractivity contribution is 8.00. The van der Waals surface area contributed by atoms with Crippen LogP contribution in [0.25, 0.3) is 0 Å². The van der Waals surface area contributed by atoms with Crippen molar-refractivity contribution >= 4 is 23.9 Å². The van der Waals surface area contributed by atoms with Crippen molar-refractivity contribution in [2.75, 3.05) is 18.8 Å². The van der Waals surface area contributed by atoms with E-state index in [1.165, 1.54) is 11.1 Å². The lowest BCUT2D eigenvalue weighted by molar-refractivity contribution is -0.118. The van der Waals surface area contributed by atoms with Crippen molar-refractivity contribution in [2.24, 2.45) is 5.10 Å². The van der Waals surface area contributed by atoms with Gasteiger partial charge in [0.1, 0.15) is 0 Å². The summed E-state index contributed by atoms with van der Waals surface area (Å²) in [6.07, 6.45) is 5.01. The number of rotatable bonds is 8. The Morgan fingerprint density at radius 3 is 2.23 bits per heavy atom. The number of nitrogens with one attached hydrogen (secondary N) is 1. The van der Waals surface area contributed by atoms with Crippen LogP contribution in [0.5, 0.6) is 0 Å². The molecule has 0 saturated carbocycles. The van der Waals surface area contributed by atoms with Crippen LogP contribution in [-0.2, 0) is 4.79 Å². The number of amides is 1. The Kier molecular flexibility index (Phi) is 6.90. The van der Waals surface area contributed by atoms with Crippen LogP contribution in [0.2, 0.25) is 0 Å². The third-order valence-electron chi connectivity index (χ3n) is 5.03. The first-order valence-corrected chi connectivity index (χ1v) is 11.0. The van der Waals surface area contributed by atoms with E-state index in [-0.39, 0.29) is 11.9 Å². The fourth-order valence-corrected chi connectivity index (χ4v) is 4.57. The minimum Gasteiger partial charge on any atom is -0.290 e. The van der Waals surface area contributed by atoms with E-state index >= 15 is 0 Å². The van der Waals surface area contributed by atoms with Gasteiger partial charge in [-0.25, -0.2) is 5.43 Å². The summed E-state index contributed by atoms with van der Waals surface area (Å²) in [5, 5.41) is 4.46. The summed E-state index contributed by atoms with van der Waals surface area (Å²) in [5.74, 6) is 0.333. The Morgan fingerprint density at radius 1 is 1.03 bits per heavy atom. The molecule has 3 aromatic rings. The van der Waals surface area contributed by atoms with E-state index < -0.39 is 0 Å². The predicted octanol–water partition coefficient (Wildman–Crippen LogP) is 3.74. The van der Waals surface area contributed by atoms with Crippen molar-refractivity contribution in [2.45, 2.75) is 11.3 Å². The molecule has 0 bridgehead atoms. The average Bonchev–Trinajstić information content (AvgIpc) is 2.77. The number of carbonyl (C=O) groups excluding carboxylic acids is 1. The van der Waals surface area contributed by atoms with Gasteiger partial charge in [0.2, 0.25) is 5.91 Å². The average molecular weight is 417 g/mol. The number of nitrogens with zero attached hydrogens (tertiary/aromatic N) is 3. The van der Waals surface area contributed by atoms with Gasteiger partial charge in [-0.05, 0) is 28.8 Å². The maximum absolute atomic E-state index is 12.1. The van der Waals surface area contributed by atoms with Crippen LogP contribution < -0.4 is 5.43 Å². The molecule has 2 heterocycles. The molecule has 1 aliphatic heterocycles. The van der Waals surface area contributed by atoms with Crippen LogP contribution in [0, 0.1) is 0 Å². The first-order chi connectivity index (χ1) is 14.8. The zero-order valence-corrected chi connectivity index (χ0v) is 17.4. The van der Waals surface area contributed by atoms with E-state index in [4.69, 9.17) is 0 Å². The summed E-state index contributed by atoms with van der Waals surface area (Å²) in [4.78, 5) is 18.5. The molecule has 1 amide bonds. The molecule has 4 rings (SSSR count). The molecule has 1 fully saturated rings. The lowest BCUT2D eigenvalue weighted by atomic mass is 9.94. The summed E-state index contributed by atoms with van der Waals surface area (Å²) in [7, 11) is 0. The number of thioether (sulfide) groups is 1. The first-order valence-electron chi connectivity index (χ1n) is 9.97. The van der Waals surface area contributed by atoms with E-state index in [9.17, 15) is 4.79 Å². The Labute approximate surface area is 181 Å². The molecule has 1 N–H and O–H groups in total. The van der Waals surface area contributed by atoms with Crippen molar-refractivity contribution in [3.63, 3.8) is 0 Å². The molecule has 152 valence electrons. The highest BCUT2D eigenvalue weighted by Crippen LogP contribution is 2.35. The highest BCUT2D eigenvalue weighted by atomic mass is 32.2. The molecule has 1 aliphatic rings. The molecule has 0 radical (unpaired) electrons. The van der Waals surface area contributed by atoms with Gasteiger partial charge < -0.3 is 0 Å². The van der Waals surface area contributed by atoms with Gasteiger partial charge in [0.15, 0.2) is 0 Å². The monoisotopic (exact) mass is 416 g/mol. The van der Waals surface area contributed by atoms with Gasteiger partial charge in [0, 0.05) is 30.7 Å². The van der Waals surface area contributed by atoms with Crippen LogP contribution in [0.3, 0.4) is 0 Å². The molecule has 2 aromatic carbocycles. The number of hydrogen-bond donors (Lipinski definition) is 1. The standard InChI is InChI=1S/C24H24N4OS/c29-23(27-26-15-19-11-13-25-14-12-19)18-30-22-16-28(17-22)24(20-7-3-1-4-8-20)21-9-5-2-6-10-21/h1-15,22,24H,16-18H2,(H,27,29). The van der Waals surface area contributed by atoms with Crippen LogP contribution >= 0.6 is 11.8 Å². The van der Waals surface area contributed by atoms with Gasteiger partial charge in [0.25, 0.3) is 0 Å². The fourth-order valence-electron chi connectivity index (χ4n) is 3.52. The van der Waals surface area contributed by atoms with Gasteiger partial charge in [-0.1, -0.05) is 60.7 Å². The SMILES string of the molecule is O=C(CSC1CN(C(c2ccccc2)c2ccccc2)C1)NN=Cc1ccncc1. The zero-order chi connectivity index (χ0) is 20.6. The van der Waals surface area contributed by atoms with E-state index in [0.29, 0.717) is 11.0 Å². The van der Waals surface area contributed by atoms with Crippen molar-refractivity contribution in [3.05, 3.63) is 102 Å². The number of benzene rings is 2. The molecule has 0 atom stereocenters. The quantitative estimate of drug-likeness (QED) is 0.449. The molecule has 0 spiro atoms. The lowest BCUT2D eigenvalue weighted by Gasteiger charge is -2.44. The molecule has 6 heteroatoms. The fraction of sp³-hybridized carbons (Fsp3) is 0.208. The first kappa shape index (κ1) is 20.3. The summed E-state index contributed by atoms with van der Waals surface area (Å²) in [6.45, 7) is 1.93. The number of likely N-dealkylation sites (tertiary alicyclic amines) is 1. The molecule has 5 nitrogen and oxygen atoms in total. The van der Waals surface area contributed by atoms with Gasteiger partial charge in [-0.15, -0.1) is 11.8 Å². The van der Waals surface area contributed by atoms with E-state index in [2.05, 4.69) is 81.1 Å². The number of aromatic nitrogens is 1. The highest BCUT2D eigenvalue weighted by Gasteiger charge is 2.34. The van der Waals surface area contributed by atoms with Crippen LogP contribution in [-0.4, -0.2) is 46.1 Å². The van der Waals surface area contributed by atoms with Gasteiger partial charge >= 0.3 is 0 Å². The van der Waals surface area contributed by atoms with Gasteiger partial charge in [-0.3, -0.25) is 14.7 Å². The zero-order valence-electron chi connectivity index (χ0n) is 16.6. The molecule has 0 unspecified atom stereocenters. The van der Waals surface area contributed by atoms with E-state index in [1.807, 2.05) is 12.1 Å². The number of hydrogen-bond acceptors (Lipinski definition) is 5. The third-order valence-corrected chi connectivity index (χ3v) is 6.23. The largest absolute Gasteiger partial charge is 0.290 e. The van der Waals surface area contributed by atoms with Crippen LogP contribution in [0.15, 0.2) is 90.3 Å². The molecular formula is C24H24N4OS. The summed E-state index contributed by atoms with van der Waals surface area (Å²) < 4.78 is 0. The van der Waals surface area contributed by atoms with Crippen molar-refractivity contribution in [1.82, 2.24) is 15.3 Å². The second kappa shape index (κ2) is 10.2. The molecule has 30 heavy (non-hydrogen) atoms. The topological polar surface area (TPSA) is 57.6 Å². The maximum Gasteiger partial charge on any atom is 0.250 e. The second-order valence-corrected chi connectivity index (χ2v) is 8.47. The number of pyridine rings is 1. The maximum atomic E-state index is 12.1. The Hall–Kier alpha value is -2.96. The van der Waals surface area contributed by atoms with E-state index in [0.717, 1.165) is 18.7 Å². The predicted molar refractivity (Wildman–Crippen MR) is 123 cm³/mol. The molecule has 1 saturated heterocycles. The van der Waals surface area contributed by atoms with Gasteiger partial charge in [-0.2, -0.15) is 5.10 Å². The Balaban J connectivity index is 1.27. The van der Waals surface area contributed by atoms with Crippen LogP contribution in [0.4, 0.5) is 0 Å². The number of hydrazone groups is 1. The van der Waals surface area contributed by atoms with Crippen molar-refractivity contribution < 1.29 is 4.79 Å². The summed E-state index contributed by atoms with van der Waals surface area (Å²) in [5.41, 5.74) is 6.10. The summed E-state index contributed by atoms with van der Waals surface area (Å²) in [6, 6.07) is 25.1. The van der Waals surface area contributed by atoms with Crippen molar-refractivity contribution in [1.29, 1.82) is 0 Å². The molecular weight excluding hydrogens is 392 g/mol. The minimum atomic E-state index is -0.0774. The van der Waals surface area contributed by atoms with Crippen LogP contribution in [0.1, 0.15) is 22.7 Å². The smallest absolute Gasteiger partial charge is 0.250 e. The Morgan fingerprint density at radius 2 is 1.63 bits per heavy atom.